The zero-order valence-electron chi connectivity index (χ0n) is 41.9. The van der Waals surface area contributed by atoms with Gasteiger partial charge in [-0.1, -0.05) is 88.5 Å². The van der Waals surface area contributed by atoms with Crippen LogP contribution in [-0.4, -0.2) is 125 Å². The van der Waals surface area contributed by atoms with Crippen molar-refractivity contribution in [1.29, 1.82) is 0 Å². The summed E-state index contributed by atoms with van der Waals surface area (Å²) in [5.74, 6) is 1.10. The lowest BCUT2D eigenvalue weighted by molar-refractivity contribution is -0.00978. The molecule has 0 radical (unpaired) electrons. The minimum atomic E-state index is -3.94. The zero-order chi connectivity index (χ0) is 49.5. The van der Waals surface area contributed by atoms with E-state index in [2.05, 4.69) is 52.1 Å². The van der Waals surface area contributed by atoms with Gasteiger partial charge in [-0.3, -0.25) is 18.9 Å². The molecule has 19 heteroatoms. The van der Waals surface area contributed by atoms with Gasteiger partial charge in [0.05, 0.1) is 57.4 Å². The molecule has 0 aromatic heterocycles. The Balaban J connectivity index is 0.00000399. The van der Waals surface area contributed by atoms with E-state index in [1.54, 1.807) is 14.2 Å². The molecule has 0 fully saturated rings. The molecule has 0 bridgehead atoms. The summed E-state index contributed by atoms with van der Waals surface area (Å²) in [6, 6.07) is 14.2. The smallest absolute Gasteiger partial charge is 0.345 e. The second-order valence-corrected chi connectivity index (χ2v) is 28.4. The highest BCUT2D eigenvalue weighted by Gasteiger charge is 2.41. The molecule has 65 heavy (non-hydrogen) atoms. The highest BCUT2D eigenvalue weighted by atomic mass is 127. The number of rotatable bonds is 29. The van der Waals surface area contributed by atoms with Crippen LogP contribution in [0.25, 0.3) is 0 Å². The van der Waals surface area contributed by atoms with E-state index >= 15 is 0 Å². The molecule has 0 aliphatic carbocycles. The summed E-state index contributed by atoms with van der Waals surface area (Å²) in [6.45, 7) is 25.6. The largest absolute Gasteiger partial charge is 0.467 e. The number of nitrogens with zero attached hydrogens (tertiary/aromatic N) is 2. The van der Waals surface area contributed by atoms with Gasteiger partial charge in [-0.05, 0) is 102 Å². The van der Waals surface area contributed by atoms with Gasteiger partial charge in [-0.25, -0.2) is 0 Å². The van der Waals surface area contributed by atoms with Gasteiger partial charge in [0.1, 0.15) is 24.1 Å². The Labute approximate surface area is 419 Å². The number of methoxy groups -OCH3 is 2. The van der Waals surface area contributed by atoms with Gasteiger partial charge >= 0.3 is 15.2 Å². The number of hydrogen-bond acceptors (Lipinski definition) is 15. The van der Waals surface area contributed by atoms with E-state index in [4.69, 9.17) is 46.5 Å². The molecule has 0 amide bonds. The maximum absolute atomic E-state index is 15.0. The highest BCUT2D eigenvalue weighted by Crippen LogP contribution is 2.56. The minimum Gasteiger partial charge on any atom is -0.467 e. The predicted molar refractivity (Wildman–Crippen MR) is 277 cm³/mol. The van der Waals surface area contributed by atoms with Crippen LogP contribution in [0.4, 0.5) is 0 Å². The van der Waals surface area contributed by atoms with E-state index < -0.39 is 43.6 Å². The Hall–Kier alpha value is -0.480. The number of aliphatic hydroxyl groups excluding tert-OH is 1. The number of alkyl halides is 2. The maximum Gasteiger partial charge on any atom is 0.345 e. The molecule has 2 aromatic rings. The van der Waals surface area contributed by atoms with Crippen molar-refractivity contribution in [3.05, 3.63) is 59.7 Å². The summed E-state index contributed by atoms with van der Waals surface area (Å²) in [7, 11) is -4.64. The highest BCUT2D eigenvalue weighted by molar-refractivity contribution is 14.2. The fraction of sp³-hybridized carbons (Fsp3) is 0.739. The van der Waals surface area contributed by atoms with Crippen molar-refractivity contribution in [1.82, 2.24) is 9.80 Å². The molecule has 2 rings (SSSR count). The first-order valence-corrected chi connectivity index (χ1v) is 27.9. The summed E-state index contributed by atoms with van der Waals surface area (Å²) >= 11 is 4.79. The Bertz CT molecular complexity index is 1660. The summed E-state index contributed by atoms with van der Waals surface area (Å²) in [6.07, 6.45) is 0.922. The van der Waals surface area contributed by atoms with Crippen molar-refractivity contribution >= 4 is 60.4 Å². The van der Waals surface area contributed by atoms with Crippen molar-refractivity contribution in [2.45, 2.75) is 140 Å². The van der Waals surface area contributed by atoms with Gasteiger partial charge in [0.2, 0.25) is 0 Å². The van der Waals surface area contributed by atoms with Gasteiger partial charge < -0.3 is 51.6 Å². The average molecular weight is 1190 g/mol. The van der Waals surface area contributed by atoms with Gasteiger partial charge in [0.15, 0.2) is 13.6 Å². The van der Waals surface area contributed by atoms with Crippen molar-refractivity contribution in [2.24, 2.45) is 0 Å². The van der Waals surface area contributed by atoms with E-state index in [0.29, 0.717) is 37.9 Å². The van der Waals surface area contributed by atoms with Crippen molar-refractivity contribution in [3.8, 4) is 11.5 Å². The molecule has 0 saturated heterocycles. The van der Waals surface area contributed by atoms with Crippen LogP contribution < -0.4 is 9.47 Å². The van der Waals surface area contributed by atoms with Crippen molar-refractivity contribution < 1.29 is 60.8 Å². The monoisotopic (exact) mass is 1190 g/mol. The molecule has 2 aromatic carbocycles. The number of ether oxygens (including phenoxy) is 6. The molecule has 0 aliphatic heterocycles. The first-order chi connectivity index (χ1) is 30.1. The summed E-state index contributed by atoms with van der Waals surface area (Å²) in [4.78, 5) is 3.78. The van der Waals surface area contributed by atoms with Crippen LogP contribution in [0, 0.1) is 0 Å². The summed E-state index contributed by atoms with van der Waals surface area (Å²) in [5.41, 5.74) is -1.83. The fourth-order valence-electron chi connectivity index (χ4n) is 5.97. The third-order valence-electron chi connectivity index (χ3n) is 8.06. The number of halogens is 2. The first kappa shape index (κ1) is 62.5. The first-order valence-electron chi connectivity index (χ1n) is 22.0. The molecule has 0 heterocycles. The standard InChI is InChI=1S/C43H76N2O13P2.C3H6I2/c1-40(2,3)55-59(47,56-41(4,5)6)31-44(27-35-19-15-17-21-38(35)53-33-51-25-23-49-13)29-37(30-46)45(32-60(48,57-42(7,8)9)58-43(10,11)12)28-36-20-16-18-22-39(36)54-34-52-26-24-50-14;1-2-3(4)5/h15-22,37,46H,23-34H2,1-14H3;3H,2H2,1H3. The molecular formula is C46H82I2N2O13P2. The minimum absolute atomic E-state index is 0.0120. The Morgan fingerprint density at radius 3 is 1.32 bits per heavy atom. The number of benzene rings is 2. The molecule has 0 saturated carbocycles. The second-order valence-electron chi connectivity index (χ2n) is 19.3. The van der Waals surface area contributed by atoms with Crippen LogP contribution in [-0.2, 0) is 59.3 Å². The molecule has 1 atom stereocenters. The van der Waals surface area contributed by atoms with Gasteiger partial charge in [0, 0.05) is 51.0 Å². The molecule has 0 spiro atoms. The van der Waals surface area contributed by atoms with Crippen molar-refractivity contribution in [2.75, 3.05) is 80.0 Å². The average Bonchev–Trinajstić information content (AvgIpc) is 3.14. The Kier molecular flexibility index (Phi) is 29.2. The normalized spacial score (nSPS) is 13.6. The topological polar surface area (TPSA) is 153 Å². The zero-order valence-corrected chi connectivity index (χ0v) is 48.0. The molecule has 378 valence electrons. The van der Waals surface area contributed by atoms with Crippen LogP contribution in [0.2, 0.25) is 0 Å². The summed E-state index contributed by atoms with van der Waals surface area (Å²) < 4.78 is 89.4. The Morgan fingerprint density at radius 1 is 0.600 bits per heavy atom. The van der Waals surface area contributed by atoms with Crippen LogP contribution >= 0.6 is 60.4 Å². The van der Waals surface area contributed by atoms with Crippen LogP contribution in [0.1, 0.15) is 108 Å². The van der Waals surface area contributed by atoms with E-state index in [9.17, 15) is 14.2 Å². The molecule has 1 N–H and O–H groups in total. The van der Waals surface area contributed by atoms with Crippen LogP contribution in [0.5, 0.6) is 11.5 Å². The van der Waals surface area contributed by atoms with Crippen LogP contribution in [0.15, 0.2) is 48.5 Å². The predicted octanol–water partition coefficient (Wildman–Crippen LogP) is 11.5. The lowest BCUT2D eigenvalue weighted by Crippen LogP contribution is -2.47. The van der Waals surface area contributed by atoms with Crippen molar-refractivity contribution in [3.63, 3.8) is 0 Å². The lowest BCUT2D eigenvalue weighted by atomic mass is 10.1. The van der Waals surface area contributed by atoms with E-state index in [1.165, 1.54) is 6.42 Å². The van der Waals surface area contributed by atoms with Gasteiger partial charge in [-0.2, -0.15) is 0 Å². The summed E-state index contributed by atoms with van der Waals surface area (Å²) in [5, 5.41) is 11.4. The van der Waals surface area contributed by atoms with Crippen LogP contribution in [0.3, 0.4) is 0 Å². The Morgan fingerprint density at radius 2 is 0.969 bits per heavy atom. The SMILES string of the molecule is CCC(I)I.COCCOCOc1ccccc1CN(CC(CO)N(Cc1ccccc1OCOCCOC)CP(=O)(OC(C)(C)C)OC(C)(C)C)CP(=O)(OC(C)(C)C)OC(C)(C)C. The van der Waals surface area contributed by atoms with E-state index in [1.807, 2.05) is 141 Å². The molecular weight excluding hydrogens is 1100 g/mol. The lowest BCUT2D eigenvalue weighted by Gasteiger charge is -2.40. The van der Waals surface area contributed by atoms with Gasteiger partial charge in [-0.15, -0.1) is 0 Å². The number of hydrogen-bond donors (Lipinski definition) is 1. The third-order valence-corrected chi connectivity index (χ3v) is 14.6. The van der Waals surface area contributed by atoms with Gasteiger partial charge in [0.25, 0.3) is 0 Å². The van der Waals surface area contributed by atoms with E-state index in [0.717, 1.165) is 13.1 Å². The van der Waals surface area contributed by atoms with E-state index in [-0.39, 0.29) is 52.4 Å². The number of para-hydroxylation sites is 2. The third kappa shape index (κ3) is 30.0. The molecule has 1 unspecified atom stereocenters. The fourth-order valence-corrected chi connectivity index (χ4v) is 11.1. The molecule has 0 aliphatic rings. The number of aliphatic hydroxyl groups is 1. The second kappa shape index (κ2) is 30.3. The molecule has 15 nitrogen and oxygen atoms in total. The quantitative estimate of drug-likeness (QED) is 0.0270. The maximum atomic E-state index is 15.0.